The number of benzene rings is 2. The standard InChI is InChI=1S/C18H20N2O2/c1-19-11-12-20(16-10-6-5-9-15(16)18(21)22)17(13-19)14-7-3-2-4-8-14/h2-10,17H,11-13H2,1H3,(H,21,22). The molecule has 0 spiro atoms. The van der Waals surface area contributed by atoms with Crippen LogP contribution in [0.4, 0.5) is 5.69 Å². The Labute approximate surface area is 130 Å². The number of carboxylic acid groups (broad SMARTS) is 1. The van der Waals surface area contributed by atoms with E-state index in [2.05, 4.69) is 29.0 Å². The van der Waals surface area contributed by atoms with Crippen molar-refractivity contribution in [2.24, 2.45) is 0 Å². The number of likely N-dealkylation sites (N-methyl/N-ethyl adjacent to an activating group) is 1. The van der Waals surface area contributed by atoms with Crippen LogP contribution in [0.25, 0.3) is 0 Å². The van der Waals surface area contributed by atoms with E-state index in [9.17, 15) is 9.90 Å². The van der Waals surface area contributed by atoms with E-state index in [-0.39, 0.29) is 6.04 Å². The molecule has 0 aromatic heterocycles. The highest BCUT2D eigenvalue weighted by Gasteiger charge is 2.29. The van der Waals surface area contributed by atoms with Crippen LogP contribution < -0.4 is 4.90 Å². The average molecular weight is 296 g/mol. The molecule has 4 heteroatoms. The molecule has 1 fully saturated rings. The first-order chi connectivity index (χ1) is 10.7. The molecule has 22 heavy (non-hydrogen) atoms. The van der Waals surface area contributed by atoms with Gasteiger partial charge in [0.2, 0.25) is 0 Å². The van der Waals surface area contributed by atoms with Crippen LogP contribution in [0.1, 0.15) is 22.0 Å². The number of hydrogen-bond donors (Lipinski definition) is 1. The first-order valence-corrected chi connectivity index (χ1v) is 7.49. The zero-order chi connectivity index (χ0) is 15.5. The third kappa shape index (κ3) is 2.83. The van der Waals surface area contributed by atoms with Crippen LogP contribution in [0, 0.1) is 0 Å². The van der Waals surface area contributed by atoms with Gasteiger partial charge in [0.15, 0.2) is 0 Å². The number of nitrogens with zero attached hydrogens (tertiary/aromatic N) is 2. The van der Waals surface area contributed by atoms with Gasteiger partial charge in [-0.1, -0.05) is 42.5 Å². The van der Waals surface area contributed by atoms with Gasteiger partial charge < -0.3 is 14.9 Å². The van der Waals surface area contributed by atoms with Crippen molar-refractivity contribution in [3.63, 3.8) is 0 Å². The van der Waals surface area contributed by atoms with E-state index in [1.807, 2.05) is 30.3 Å². The topological polar surface area (TPSA) is 43.8 Å². The Morgan fingerprint density at radius 1 is 1.05 bits per heavy atom. The van der Waals surface area contributed by atoms with E-state index in [1.165, 1.54) is 5.56 Å². The van der Waals surface area contributed by atoms with Crippen LogP contribution >= 0.6 is 0 Å². The van der Waals surface area contributed by atoms with Crippen molar-refractivity contribution in [1.82, 2.24) is 4.90 Å². The van der Waals surface area contributed by atoms with Gasteiger partial charge >= 0.3 is 5.97 Å². The Hall–Kier alpha value is -2.33. The number of carbonyl (C=O) groups is 1. The number of carboxylic acids is 1. The molecule has 114 valence electrons. The number of aromatic carboxylic acids is 1. The Bertz CT molecular complexity index is 657. The Balaban J connectivity index is 2.02. The summed E-state index contributed by atoms with van der Waals surface area (Å²) in [6.07, 6.45) is 0. The lowest BCUT2D eigenvalue weighted by atomic mass is 10.0. The quantitative estimate of drug-likeness (QED) is 0.946. The van der Waals surface area contributed by atoms with Crippen molar-refractivity contribution in [3.8, 4) is 0 Å². The highest BCUT2D eigenvalue weighted by Crippen LogP contribution is 2.32. The molecule has 1 heterocycles. The molecule has 4 nitrogen and oxygen atoms in total. The van der Waals surface area contributed by atoms with Gasteiger partial charge in [-0.05, 0) is 24.7 Å². The first kappa shape index (κ1) is 14.6. The lowest BCUT2D eigenvalue weighted by Gasteiger charge is -2.42. The molecule has 1 N–H and O–H groups in total. The molecule has 1 unspecified atom stereocenters. The molecule has 3 rings (SSSR count). The van der Waals surface area contributed by atoms with Gasteiger partial charge in [0, 0.05) is 19.6 Å². The van der Waals surface area contributed by atoms with Crippen molar-refractivity contribution in [2.45, 2.75) is 6.04 Å². The molecule has 0 aliphatic carbocycles. The van der Waals surface area contributed by atoms with Gasteiger partial charge in [-0.3, -0.25) is 0 Å². The Morgan fingerprint density at radius 2 is 1.73 bits per heavy atom. The lowest BCUT2D eigenvalue weighted by Crippen LogP contribution is -2.47. The SMILES string of the molecule is CN1CCN(c2ccccc2C(=O)O)C(c2ccccc2)C1. The second kappa shape index (κ2) is 6.20. The third-order valence-corrected chi connectivity index (χ3v) is 4.21. The molecule has 0 saturated carbocycles. The van der Waals surface area contributed by atoms with Crippen molar-refractivity contribution >= 4 is 11.7 Å². The summed E-state index contributed by atoms with van der Waals surface area (Å²) >= 11 is 0. The van der Waals surface area contributed by atoms with E-state index in [0.29, 0.717) is 5.56 Å². The zero-order valence-corrected chi connectivity index (χ0v) is 12.6. The summed E-state index contributed by atoms with van der Waals surface area (Å²) in [5.74, 6) is -0.874. The smallest absolute Gasteiger partial charge is 0.337 e. The number of rotatable bonds is 3. The number of piperazine rings is 1. The minimum atomic E-state index is -0.874. The molecule has 1 atom stereocenters. The van der Waals surface area contributed by atoms with E-state index in [0.717, 1.165) is 25.3 Å². The molecule has 0 bridgehead atoms. The largest absolute Gasteiger partial charge is 0.478 e. The van der Waals surface area contributed by atoms with Crippen LogP contribution in [0.15, 0.2) is 54.6 Å². The van der Waals surface area contributed by atoms with Gasteiger partial charge in [-0.25, -0.2) is 4.79 Å². The van der Waals surface area contributed by atoms with Gasteiger partial charge in [-0.15, -0.1) is 0 Å². The van der Waals surface area contributed by atoms with E-state index in [4.69, 9.17) is 0 Å². The predicted molar refractivity (Wildman–Crippen MR) is 87.4 cm³/mol. The summed E-state index contributed by atoms with van der Waals surface area (Å²) in [4.78, 5) is 16.0. The second-order valence-electron chi connectivity index (χ2n) is 5.70. The van der Waals surface area contributed by atoms with Gasteiger partial charge in [0.1, 0.15) is 0 Å². The maximum absolute atomic E-state index is 11.5. The summed E-state index contributed by atoms with van der Waals surface area (Å²) < 4.78 is 0. The predicted octanol–water partition coefficient (Wildman–Crippen LogP) is 2.88. The lowest BCUT2D eigenvalue weighted by molar-refractivity contribution is 0.0697. The minimum absolute atomic E-state index is 0.167. The summed E-state index contributed by atoms with van der Waals surface area (Å²) in [5, 5.41) is 9.47. The highest BCUT2D eigenvalue weighted by atomic mass is 16.4. The van der Waals surface area contributed by atoms with E-state index in [1.54, 1.807) is 12.1 Å². The molecule has 0 radical (unpaired) electrons. The van der Waals surface area contributed by atoms with Crippen molar-refractivity contribution in [2.75, 3.05) is 31.6 Å². The molecule has 2 aromatic rings. The Kier molecular flexibility index (Phi) is 4.11. The van der Waals surface area contributed by atoms with Crippen molar-refractivity contribution < 1.29 is 9.90 Å². The molecular weight excluding hydrogens is 276 g/mol. The summed E-state index contributed by atoms with van der Waals surface area (Å²) in [6, 6.07) is 17.7. The normalized spacial score (nSPS) is 19.1. The monoisotopic (exact) mass is 296 g/mol. The maximum Gasteiger partial charge on any atom is 0.337 e. The molecule has 1 saturated heterocycles. The minimum Gasteiger partial charge on any atom is -0.478 e. The summed E-state index contributed by atoms with van der Waals surface area (Å²) in [6.45, 7) is 2.63. The molecule has 0 amide bonds. The fraction of sp³-hybridized carbons (Fsp3) is 0.278. The van der Waals surface area contributed by atoms with Crippen molar-refractivity contribution in [3.05, 3.63) is 65.7 Å². The highest BCUT2D eigenvalue weighted by molar-refractivity contribution is 5.94. The maximum atomic E-state index is 11.5. The molecular formula is C18H20N2O2. The van der Waals surface area contributed by atoms with Gasteiger partial charge in [0.25, 0.3) is 0 Å². The van der Waals surface area contributed by atoms with E-state index >= 15 is 0 Å². The zero-order valence-electron chi connectivity index (χ0n) is 12.6. The number of anilines is 1. The van der Waals surface area contributed by atoms with Crippen LogP contribution in [-0.2, 0) is 0 Å². The molecule has 2 aromatic carbocycles. The van der Waals surface area contributed by atoms with Gasteiger partial charge in [0.05, 0.1) is 17.3 Å². The molecule has 1 aliphatic heterocycles. The van der Waals surface area contributed by atoms with Crippen LogP contribution in [0.5, 0.6) is 0 Å². The summed E-state index contributed by atoms with van der Waals surface area (Å²) in [5.41, 5.74) is 2.39. The summed E-state index contributed by atoms with van der Waals surface area (Å²) in [7, 11) is 2.11. The van der Waals surface area contributed by atoms with Crippen LogP contribution in [-0.4, -0.2) is 42.7 Å². The van der Waals surface area contributed by atoms with Crippen LogP contribution in [0.2, 0.25) is 0 Å². The third-order valence-electron chi connectivity index (χ3n) is 4.21. The van der Waals surface area contributed by atoms with Crippen LogP contribution in [0.3, 0.4) is 0 Å². The Morgan fingerprint density at radius 3 is 2.45 bits per heavy atom. The van der Waals surface area contributed by atoms with Gasteiger partial charge in [-0.2, -0.15) is 0 Å². The fourth-order valence-electron chi connectivity index (χ4n) is 3.07. The van der Waals surface area contributed by atoms with E-state index < -0.39 is 5.97 Å². The molecule has 1 aliphatic rings. The number of hydrogen-bond acceptors (Lipinski definition) is 3. The fourth-order valence-corrected chi connectivity index (χ4v) is 3.07. The average Bonchev–Trinajstić information content (AvgIpc) is 2.55. The first-order valence-electron chi connectivity index (χ1n) is 7.49. The second-order valence-corrected chi connectivity index (χ2v) is 5.70. The number of para-hydroxylation sites is 1. The van der Waals surface area contributed by atoms with Crippen molar-refractivity contribution in [1.29, 1.82) is 0 Å².